The Morgan fingerprint density at radius 2 is 1.29 bits per heavy atom. The van der Waals surface area contributed by atoms with Crippen LogP contribution in [0.1, 0.15) is 12.6 Å². The van der Waals surface area contributed by atoms with Gasteiger partial charge in [0.15, 0.2) is 5.82 Å². The van der Waals surface area contributed by atoms with Gasteiger partial charge in [0.2, 0.25) is 0 Å². The van der Waals surface area contributed by atoms with Gasteiger partial charge in [0.25, 0.3) is 0 Å². The molecule has 0 amide bonds. The Labute approximate surface area is 345 Å². The number of pyridine rings is 1. The molecular formula is C54H36N4S. The third-order valence-corrected chi connectivity index (χ3v) is 12.6. The van der Waals surface area contributed by atoms with Crippen LogP contribution in [0.3, 0.4) is 0 Å². The number of hydrogen-bond donors (Lipinski definition) is 0. The van der Waals surface area contributed by atoms with Crippen molar-refractivity contribution >= 4 is 80.4 Å². The second-order valence-corrected chi connectivity index (χ2v) is 15.7. The molecular weight excluding hydrogens is 737 g/mol. The Morgan fingerprint density at radius 1 is 0.593 bits per heavy atom. The maximum atomic E-state index is 5.13. The number of aromatic nitrogens is 4. The van der Waals surface area contributed by atoms with Gasteiger partial charge in [-0.05, 0) is 83.3 Å². The van der Waals surface area contributed by atoms with E-state index in [0.717, 1.165) is 50.5 Å². The summed E-state index contributed by atoms with van der Waals surface area (Å²) in [6, 6.07) is 56.2. The van der Waals surface area contributed by atoms with Gasteiger partial charge >= 0.3 is 0 Å². The summed E-state index contributed by atoms with van der Waals surface area (Å²) < 4.78 is 4.98. The van der Waals surface area contributed by atoms with E-state index in [1.54, 1.807) is 6.08 Å². The van der Waals surface area contributed by atoms with E-state index < -0.39 is 0 Å². The lowest BCUT2D eigenvalue weighted by molar-refractivity contribution is 1.15. The van der Waals surface area contributed by atoms with Gasteiger partial charge in [-0.15, -0.1) is 11.3 Å². The van der Waals surface area contributed by atoms with Gasteiger partial charge in [-0.25, -0.2) is 9.97 Å². The Bertz CT molecular complexity index is 3500. The van der Waals surface area contributed by atoms with Crippen molar-refractivity contribution in [3.8, 4) is 39.6 Å². The summed E-state index contributed by atoms with van der Waals surface area (Å²) in [5.41, 5.74) is 10.2. The molecule has 0 aliphatic rings. The fourth-order valence-electron chi connectivity index (χ4n) is 8.77. The molecule has 59 heavy (non-hydrogen) atoms. The molecule has 11 rings (SSSR count). The van der Waals surface area contributed by atoms with Gasteiger partial charge in [-0.2, -0.15) is 0 Å². The van der Waals surface area contributed by atoms with E-state index >= 15 is 0 Å². The number of hydrogen-bond acceptors (Lipinski definition) is 4. The first kappa shape index (κ1) is 34.8. The van der Waals surface area contributed by atoms with Gasteiger partial charge in [0.05, 0.1) is 28.1 Å². The van der Waals surface area contributed by atoms with Crippen LogP contribution in [-0.2, 0) is 0 Å². The second kappa shape index (κ2) is 14.2. The summed E-state index contributed by atoms with van der Waals surface area (Å²) in [6.07, 6.45) is 9.78. The lowest BCUT2D eigenvalue weighted by Gasteiger charge is -2.13. The second-order valence-electron chi connectivity index (χ2n) is 14.7. The number of allylic oxidation sites excluding steroid dienone is 5. The largest absolute Gasteiger partial charge is 0.309 e. The van der Waals surface area contributed by atoms with Crippen molar-refractivity contribution in [2.75, 3.05) is 0 Å². The molecule has 7 aromatic carbocycles. The summed E-state index contributed by atoms with van der Waals surface area (Å²) in [7, 11) is 0. The molecule has 0 unspecified atom stereocenters. The fourth-order valence-corrected chi connectivity index (χ4v) is 10.1. The normalized spacial score (nSPS) is 12.3. The topological polar surface area (TPSA) is 43.6 Å². The van der Waals surface area contributed by atoms with Gasteiger partial charge in [-0.1, -0.05) is 134 Å². The lowest BCUT2D eigenvalue weighted by Crippen LogP contribution is -1.99. The molecule has 0 saturated heterocycles. The van der Waals surface area contributed by atoms with Crippen LogP contribution in [0.25, 0.3) is 109 Å². The summed E-state index contributed by atoms with van der Waals surface area (Å²) in [4.78, 5) is 15.2. The number of thiophene rings is 1. The molecule has 0 spiro atoms. The maximum absolute atomic E-state index is 5.13. The summed E-state index contributed by atoms with van der Waals surface area (Å²) in [5, 5.41) is 9.99. The van der Waals surface area contributed by atoms with E-state index in [-0.39, 0.29) is 0 Å². The molecule has 0 N–H and O–H groups in total. The Hall–Kier alpha value is -7.47. The summed E-state index contributed by atoms with van der Waals surface area (Å²) >= 11 is 1.88. The minimum Gasteiger partial charge on any atom is -0.309 e. The molecule has 0 fully saturated rings. The highest BCUT2D eigenvalue weighted by Crippen LogP contribution is 2.51. The van der Waals surface area contributed by atoms with Crippen LogP contribution in [-0.4, -0.2) is 19.5 Å². The fraction of sp³-hybridized carbons (Fsp3) is 0.0185. The van der Waals surface area contributed by atoms with Crippen LogP contribution in [0, 0.1) is 0 Å². The molecule has 4 nitrogen and oxygen atoms in total. The van der Waals surface area contributed by atoms with Crippen molar-refractivity contribution in [2.45, 2.75) is 6.92 Å². The summed E-state index contributed by atoms with van der Waals surface area (Å²) in [5.74, 6) is 0.666. The van der Waals surface area contributed by atoms with Crippen molar-refractivity contribution in [3.05, 3.63) is 200 Å². The predicted molar refractivity (Wildman–Crippen MR) is 251 cm³/mol. The lowest BCUT2D eigenvalue weighted by atomic mass is 9.95. The average Bonchev–Trinajstić information content (AvgIpc) is 3.86. The minimum absolute atomic E-state index is 0.666. The van der Waals surface area contributed by atoms with E-state index in [4.69, 9.17) is 15.0 Å². The standard InChI is InChI=1S/C54H36N4S/c1-3-16-34(17-4-2)46-33-47(35-18-6-5-7-19-35)57-54(56-46)36-27-29-37(30-28-36)58-48-26-13-12-22-40(48)43-32-44(45-25-14-15-31-55-45)53-50(51(43)58)49-41-23-10-8-20-38(41)39-21-9-11-24-42(39)52(49)59-53/h3-33H,1H2,2H3/b17-4-,34-16+. The highest BCUT2D eigenvalue weighted by molar-refractivity contribution is 7.27. The molecule has 0 aliphatic carbocycles. The van der Waals surface area contributed by atoms with E-state index in [9.17, 15) is 0 Å². The number of benzene rings is 7. The summed E-state index contributed by atoms with van der Waals surface area (Å²) in [6.45, 7) is 5.98. The van der Waals surface area contributed by atoms with Crippen LogP contribution < -0.4 is 0 Å². The highest BCUT2D eigenvalue weighted by atomic mass is 32.1. The van der Waals surface area contributed by atoms with Crippen molar-refractivity contribution in [2.24, 2.45) is 0 Å². The molecule has 0 radical (unpaired) electrons. The van der Waals surface area contributed by atoms with Crippen molar-refractivity contribution in [1.82, 2.24) is 19.5 Å². The van der Waals surface area contributed by atoms with Crippen LogP contribution in [0.2, 0.25) is 0 Å². The Kier molecular flexibility index (Phi) is 8.35. The number of rotatable bonds is 7. The molecule has 4 aromatic heterocycles. The van der Waals surface area contributed by atoms with E-state index in [1.807, 2.05) is 60.9 Å². The smallest absolute Gasteiger partial charge is 0.160 e. The molecule has 5 heteroatoms. The predicted octanol–water partition coefficient (Wildman–Crippen LogP) is 14.8. The Balaban J connectivity index is 1.21. The van der Waals surface area contributed by atoms with Gasteiger partial charge < -0.3 is 4.57 Å². The highest BCUT2D eigenvalue weighted by Gasteiger charge is 2.24. The first-order valence-electron chi connectivity index (χ1n) is 19.8. The number of para-hydroxylation sites is 1. The van der Waals surface area contributed by atoms with E-state index in [0.29, 0.717) is 5.82 Å². The quantitative estimate of drug-likeness (QED) is 0.120. The maximum Gasteiger partial charge on any atom is 0.160 e. The van der Waals surface area contributed by atoms with Crippen LogP contribution in [0.5, 0.6) is 0 Å². The number of fused-ring (bicyclic) bond motifs is 12. The molecule has 0 aliphatic heterocycles. The third-order valence-electron chi connectivity index (χ3n) is 11.3. The van der Waals surface area contributed by atoms with Crippen LogP contribution >= 0.6 is 11.3 Å². The zero-order valence-corrected chi connectivity index (χ0v) is 33.1. The zero-order valence-electron chi connectivity index (χ0n) is 32.3. The molecule has 278 valence electrons. The first-order valence-corrected chi connectivity index (χ1v) is 20.7. The van der Waals surface area contributed by atoms with Crippen molar-refractivity contribution in [1.29, 1.82) is 0 Å². The first-order chi connectivity index (χ1) is 29.2. The monoisotopic (exact) mass is 772 g/mol. The SMILES string of the molecule is C=C/C=C(\C=C/C)c1cc(-c2ccccc2)nc(-c2ccc(-n3c4ccccc4c4cc(-c5ccccn5)c5sc6c7ccccc7c7ccccc7c6c5c43)cc2)n1. The van der Waals surface area contributed by atoms with Gasteiger partial charge in [-0.3, -0.25) is 4.98 Å². The van der Waals surface area contributed by atoms with Crippen molar-refractivity contribution < 1.29 is 0 Å². The van der Waals surface area contributed by atoms with Crippen LogP contribution in [0.4, 0.5) is 0 Å². The molecule has 0 saturated carbocycles. The van der Waals surface area contributed by atoms with E-state index in [1.165, 1.54) is 58.0 Å². The van der Waals surface area contributed by atoms with Crippen LogP contribution in [0.15, 0.2) is 195 Å². The van der Waals surface area contributed by atoms with Gasteiger partial charge in [0, 0.05) is 64.9 Å². The molecule has 0 atom stereocenters. The molecule has 11 aromatic rings. The molecule has 4 heterocycles. The molecule has 0 bridgehead atoms. The van der Waals surface area contributed by atoms with Gasteiger partial charge in [0.1, 0.15) is 0 Å². The minimum atomic E-state index is 0.666. The number of nitrogens with zero attached hydrogens (tertiary/aromatic N) is 4. The third kappa shape index (κ3) is 5.62. The van der Waals surface area contributed by atoms with Crippen molar-refractivity contribution in [3.63, 3.8) is 0 Å². The Morgan fingerprint density at radius 3 is 2.03 bits per heavy atom. The van der Waals surface area contributed by atoms with E-state index in [2.05, 4.69) is 151 Å². The average molecular weight is 773 g/mol. The zero-order chi connectivity index (χ0) is 39.5.